The third-order valence-corrected chi connectivity index (χ3v) is 0.502. The first-order valence-corrected chi connectivity index (χ1v) is 2.47. The van der Waals surface area contributed by atoms with Crippen molar-refractivity contribution >= 4 is 6.21 Å². The summed E-state index contributed by atoms with van der Waals surface area (Å²) in [6.07, 6.45) is 1.86. The van der Waals surface area contributed by atoms with Gasteiger partial charge in [-0.15, -0.1) is 0 Å². The molecule has 0 heterocycles. The molecule has 0 aliphatic carbocycles. The zero-order chi connectivity index (χ0) is 5.70. The van der Waals surface area contributed by atoms with E-state index < -0.39 is 0 Å². The van der Waals surface area contributed by atoms with Gasteiger partial charge in [-0.3, -0.25) is 0 Å². The Bertz CT molecular complexity index is 57.1. The Kier molecular flexibility index (Phi) is 3.38. The van der Waals surface area contributed by atoms with Crippen molar-refractivity contribution in [1.29, 1.82) is 0 Å². The Morgan fingerprint density at radius 2 is 2.14 bits per heavy atom. The highest BCUT2D eigenvalue weighted by Crippen LogP contribution is 1.81. The number of nitrogens with zero attached hydrogens (tertiary/aromatic N) is 1. The van der Waals surface area contributed by atoms with Crippen molar-refractivity contribution in [2.45, 2.75) is 13.8 Å². The zero-order valence-corrected chi connectivity index (χ0v) is 5.10. The molecule has 0 unspecified atom stereocenters. The summed E-state index contributed by atoms with van der Waals surface area (Å²) in [6, 6.07) is 0. The van der Waals surface area contributed by atoms with Crippen LogP contribution in [-0.2, 0) is 0 Å². The van der Waals surface area contributed by atoms with E-state index in [1.165, 1.54) is 0 Å². The molecule has 0 saturated carbocycles. The van der Waals surface area contributed by atoms with Crippen LogP contribution in [0.2, 0.25) is 0 Å². The highest BCUT2D eigenvalue weighted by atomic mass is 15.3. The average molecular weight is 100 g/mol. The Hall–Kier alpha value is -0.530. The minimum Gasteiger partial charge on any atom is -0.313 e. The van der Waals surface area contributed by atoms with Gasteiger partial charge in [-0.05, 0) is 5.92 Å². The molecule has 0 aromatic heterocycles. The van der Waals surface area contributed by atoms with Gasteiger partial charge in [-0.1, -0.05) is 13.8 Å². The number of rotatable bonds is 2. The monoisotopic (exact) mass is 100 g/mol. The Morgan fingerprint density at radius 3 is 2.29 bits per heavy atom. The maximum Gasteiger partial charge on any atom is 0.0268 e. The molecule has 0 radical (unpaired) electrons. The van der Waals surface area contributed by atoms with Crippen LogP contribution in [0.1, 0.15) is 13.8 Å². The molecule has 42 valence electrons. The van der Waals surface area contributed by atoms with Crippen LogP contribution >= 0.6 is 0 Å². The SMILES string of the molecule is CNN=CC(C)C. The number of hydrogen-bond acceptors (Lipinski definition) is 2. The maximum atomic E-state index is 3.80. The summed E-state index contributed by atoms with van der Waals surface area (Å²) in [5.74, 6) is 0.549. The van der Waals surface area contributed by atoms with Crippen LogP contribution in [-0.4, -0.2) is 13.3 Å². The quantitative estimate of drug-likeness (QED) is 0.403. The van der Waals surface area contributed by atoms with Crippen LogP contribution < -0.4 is 5.43 Å². The van der Waals surface area contributed by atoms with E-state index in [1.807, 2.05) is 6.21 Å². The fraction of sp³-hybridized carbons (Fsp3) is 0.800. The molecule has 0 amide bonds. The molecule has 1 N–H and O–H groups in total. The largest absolute Gasteiger partial charge is 0.313 e. The lowest BCUT2D eigenvalue weighted by molar-refractivity contribution is 0.848. The second kappa shape index (κ2) is 3.65. The van der Waals surface area contributed by atoms with Gasteiger partial charge in [-0.2, -0.15) is 5.10 Å². The highest BCUT2D eigenvalue weighted by molar-refractivity contribution is 5.58. The smallest absolute Gasteiger partial charge is 0.0268 e. The zero-order valence-electron chi connectivity index (χ0n) is 5.10. The molecule has 0 bridgehead atoms. The molecule has 0 fully saturated rings. The molecular weight excluding hydrogens is 88.1 g/mol. The third kappa shape index (κ3) is 5.47. The summed E-state index contributed by atoms with van der Waals surface area (Å²) in [5.41, 5.74) is 2.67. The fourth-order valence-corrected chi connectivity index (χ4v) is 0.224. The van der Waals surface area contributed by atoms with E-state index in [4.69, 9.17) is 0 Å². The van der Waals surface area contributed by atoms with E-state index in [0.29, 0.717) is 5.92 Å². The first kappa shape index (κ1) is 6.47. The predicted molar refractivity (Wildman–Crippen MR) is 32.4 cm³/mol. The molecule has 0 aliphatic rings. The molecule has 2 nitrogen and oxygen atoms in total. The van der Waals surface area contributed by atoms with Gasteiger partial charge in [0.25, 0.3) is 0 Å². The normalized spacial score (nSPS) is 10.9. The second-order valence-electron chi connectivity index (χ2n) is 1.75. The van der Waals surface area contributed by atoms with Gasteiger partial charge in [0.05, 0.1) is 0 Å². The summed E-state index contributed by atoms with van der Waals surface area (Å²) in [4.78, 5) is 0. The summed E-state index contributed by atoms with van der Waals surface area (Å²) in [7, 11) is 1.79. The summed E-state index contributed by atoms with van der Waals surface area (Å²) < 4.78 is 0. The molecule has 7 heavy (non-hydrogen) atoms. The molecule has 0 spiro atoms. The van der Waals surface area contributed by atoms with Crippen molar-refractivity contribution in [1.82, 2.24) is 5.43 Å². The van der Waals surface area contributed by atoms with Crippen molar-refractivity contribution in [3.63, 3.8) is 0 Å². The standard InChI is InChI=1S/C5H12N2/c1-5(2)4-7-6-3/h4-6H,1-3H3. The van der Waals surface area contributed by atoms with Gasteiger partial charge in [-0.25, -0.2) is 0 Å². The summed E-state index contributed by atoms with van der Waals surface area (Å²) in [6.45, 7) is 4.17. The molecule has 0 atom stereocenters. The molecule has 0 aromatic carbocycles. The van der Waals surface area contributed by atoms with Gasteiger partial charge >= 0.3 is 0 Å². The van der Waals surface area contributed by atoms with Crippen LogP contribution in [0.15, 0.2) is 5.10 Å². The Morgan fingerprint density at radius 1 is 1.57 bits per heavy atom. The molecule has 0 aromatic rings. The summed E-state index contributed by atoms with van der Waals surface area (Å²) in [5, 5.41) is 3.80. The maximum absolute atomic E-state index is 3.80. The van der Waals surface area contributed by atoms with Gasteiger partial charge in [0, 0.05) is 13.3 Å². The first-order valence-electron chi connectivity index (χ1n) is 2.47. The van der Waals surface area contributed by atoms with Crippen LogP contribution in [0, 0.1) is 5.92 Å². The van der Waals surface area contributed by atoms with Crippen LogP contribution in [0.25, 0.3) is 0 Å². The lowest BCUT2D eigenvalue weighted by atomic mass is 10.3. The molecular formula is C5H12N2. The predicted octanol–water partition coefficient (Wildman–Crippen LogP) is 0.848. The Labute approximate surface area is 44.6 Å². The second-order valence-corrected chi connectivity index (χ2v) is 1.75. The van der Waals surface area contributed by atoms with Crippen LogP contribution in [0.5, 0.6) is 0 Å². The highest BCUT2D eigenvalue weighted by Gasteiger charge is 1.79. The van der Waals surface area contributed by atoms with E-state index in [-0.39, 0.29) is 0 Å². The van der Waals surface area contributed by atoms with Crippen molar-refractivity contribution in [2.24, 2.45) is 11.0 Å². The molecule has 0 rings (SSSR count). The van der Waals surface area contributed by atoms with Crippen molar-refractivity contribution in [2.75, 3.05) is 7.05 Å². The van der Waals surface area contributed by atoms with Gasteiger partial charge in [0.15, 0.2) is 0 Å². The van der Waals surface area contributed by atoms with Crippen molar-refractivity contribution in [3.05, 3.63) is 0 Å². The first-order chi connectivity index (χ1) is 3.27. The van der Waals surface area contributed by atoms with E-state index in [2.05, 4.69) is 24.4 Å². The topological polar surface area (TPSA) is 24.4 Å². The van der Waals surface area contributed by atoms with E-state index in [9.17, 15) is 0 Å². The average Bonchev–Trinajstić information content (AvgIpc) is 1.61. The number of hydrogen-bond donors (Lipinski definition) is 1. The van der Waals surface area contributed by atoms with Gasteiger partial charge in [0.1, 0.15) is 0 Å². The summed E-state index contributed by atoms with van der Waals surface area (Å²) >= 11 is 0. The minimum absolute atomic E-state index is 0.549. The fourth-order valence-electron chi connectivity index (χ4n) is 0.224. The molecule has 0 aliphatic heterocycles. The molecule has 0 saturated heterocycles. The Balaban J connectivity index is 3.08. The molecule has 2 heteroatoms. The van der Waals surface area contributed by atoms with Crippen molar-refractivity contribution < 1.29 is 0 Å². The minimum atomic E-state index is 0.549. The van der Waals surface area contributed by atoms with Crippen LogP contribution in [0.3, 0.4) is 0 Å². The van der Waals surface area contributed by atoms with Crippen molar-refractivity contribution in [3.8, 4) is 0 Å². The van der Waals surface area contributed by atoms with E-state index >= 15 is 0 Å². The van der Waals surface area contributed by atoms with E-state index in [1.54, 1.807) is 7.05 Å². The lowest BCUT2D eigenvalue weighted by Gasteiger charge is -1.89. The third-order valence-electron chi connectivity index (χ3n) is 0.502. The lowest BCUT2D eigenvalue weighted by Crippen LogP contribution is -1.97. The van der Waals surface area contributed by atoms with Crippen LogP contribution in [0.4, 0.5) is 0 Å². The number of nitrogens with one attached hydrogen (secondary N) is 1. The van der Waals surface area contributed by atoms with E-state index in [0.717, 1.165) is 0 Å². The van der Waals surface area contributed by atoms with Gasteiger partial charge < -0.3 is 5.43 Å². The van der Waals surface area contributed by atoms with Gasteiger partial charge in [0.2, 0.25) is 0 Å². The number of hydrazone groups is 1.